The normalized spacial score (nSPS) is 19.2. The summed E-state index contributed by atoms with van der Waals surface area (Å²) in [6.07, 6.45) is 1.78. The van der Waals surface area contributed by atoms with Crippen LogP contribution in [0.5, 0.6) is 0 Å². The van der Waals surface area contributed by atoms with Crippen LogP contribution in [0.25, 0.3) is 0 Å². The number of likely N-dealkylation sites (tertiary alicyclic amines) is 1. The van der Waals surface area contributed by atoms with Gasteiger partial charge in [-0.25, -0.2) is 0 Å². The lowest BCUT2D eigenvalue weighted by molar-refractivity contribution is -0.135. The van der Waals surface area contributed by atoms with Crippen LogP contribution < -0.4 is 5.32 Å². The average molecular weight is 279 g/mol. The second-order valence-corrected chi connectivity index (χ2v) is 5.51. The van der Waals surface area contributed by atoms with Gasteiger partial charge in [-0.3, -0.25) is 9.59 Å². The number of aromatic amines is 1. The predicted molar refractivity (Wildman–Crippen MR) is 73.0 cm³/mol. The van der Waals surface area contributed by atoms with Gasteiger partial charge in [0.25, 0.3) is 5.91 Å². The number of rotatable bonds is 3. The first-order valence-electron chi connectivity index (χ1n) is 6.96. The highest BCUT2D eigenvalue weighted by Gasteiger charge is 2.27. The van der Waals surface area contributed by atoms with E-state index in [2.05, 4.69) is 20.7 Å². The zero-order valence-electron chi connectivity index (χ0n) is 12.1. The minimum Gasteiger partial charge on any atom is -0.346 e. The summed E-state index contributed by atoms with van der Waals surface area (Å²) in [6, 6.07) is -0.0185. The fourth-order valence-electron chi connectivity index (χ4n) is 2.41. The number of hydrogen-bond donors (Lipinski definition) is 2. The highest BCUT2D eigenvalue weighted by molar-refractivity contribution is 5.93. The van der Waals surface area contributed by atoms with E-state index in [4.69, 9.17) is 0 Å². The molecule has 1 saturated heterocycles. The number of aryl methyl sites for hydroxylation is 1. The standard InChI is InChI=1S/C13H21N5O2/c1-8(2)13(20)18-6-4-5-10(7-18)14-12(19)11-9(3)15-17-16-11/h8,10H,4-7H2,1-3H3,(H,14,19)(H,15,16,17). The van der Waals surface area contributed by atoms with Crippen molar-refractivity contribution in [1.29, 1.82) is 0 Å². The molecule has 1 aliphatic rings. The van der Waals surface area contributed by atoms with Crippen LogP contribution in [0, 0.1) is 12.8 Å². The van der Waals surface area contributed by atoms with Gasteiger partial charge in [0.05, 0.1) is 5.69 Å². The number of aromatic nitrogens is 3. The summed E-state index contributed by atoms with van der Waals surface area (Å²) >= 11 is 0. The molecule has 1 atom stereocenters. The fraction of sp³-hybridized carbons (Fsp3) is 0.692. The highest BCUT2D eigenvalue weighted by Crippen LogP contribution is 2.13. The summed E-state index contributed by atoms with van der Waals surface area (Å²) in [6.45, 7) is 6.85. The van der Waals surface area contributed by atoms with E-state index in [0.29, 0.717) is 17.9 Å². The second kappa shape index (κ2) is 6.02. The molecule has 20 heavy (non-hydrogen) atoms. The molecule has 2 amide bonds. The molecule has 1 unspecified atom stereocenters. The second-order valence-electron chi connectivity index (χ2n) is 5.51. The zero-order chi connectivity index (χ0) is 14.7. The van der Waals surface area contributed by atoms with Crippen molar-refractivity contribution in [2.45, 2.75) is 39.7 Å². The fourth-order valence-corrected chi connectivity index (χ4v) is 2.41. The van der Waals surface area contributed by atoms with Crippen LogP contribution in [0.1, 0.15) is 42.9 Å². The molecule has 1 fully saturated rings. The Morgan fingerprint density at radius 2 is 2.15 bits per heavy atom. The molecule has 2 rings (SSSR count). The Labute approximate surface area is 118 Å². The number of hydrogen-bond acceptors (Lipinski definition) is 4. The Morgan fingerprint density at radius 1 is 1.40 bits per heavy atom. The van der Waals surface area contributed by atoms with Crippen molar-refractivity contribution in [3.8, 4) is 0 Å². The summed E-state index contributed by atoms with van der Waals surface area (Å²) in [4.78, 5) is 25.9. The van der Waals surface area contributed by atoms with E-state index in [1.807, 2.05) is 18.7 Å². The van der Waals surface area contributed by atoms with Gasteiger partial charge in [0.15, 0.2) is 5.69 Å². The molecule has 0 saturated carbocycles. The molecule has 0 spiro atoms. The van der Waals surface area contributed by atoms with E-state index in [1.54, 1.807) is 6.92 Å². The lowest BCUT2D eigenvalue weighted by atomic mass is 10.0. The van der Waals surface area contributed by atoms with Gasteiger partial charge in [0, 0.05) is 25.0 Å². The van der Waals surface area contributed by atoms with E-state index in [1.165, 1.54) is 0 Å². The summed E-state index contributed by atoms with van der Waals surface area (Å²) < 4.78 is 0. The van der Waals surface area contributed by atoms with Crippen molar-refractivity contribution in [2.24, 2.45) is 5.92 Å². The van der Waals surface area contributed by atoms with Crippen LogP contribution in [0.2, 0.25) is 0 Å². The van der Waals surface area contributed by atoms with Crippen molar-refractivity contribution < 1.29 is 9.59 Å². The van der Waals surface area contributed by atoms with Crippen molar-refractivity contribution in [1.82, 2.24) is 25.6 Å². The Morgan fingerprint density at radius 3 is 2.75 bits per heavy atom. The van der Waals surface area contributed by atoms with E-state index >= 15 is 0 Å². The predicted octanol–water partition coefficient (Wildman–Crippen LogP) is 0.490. The SMILES string of the molecule is Cc1n[nH]nc1C(=O)NC1CCCN(C(=O)C(C)C)C1. The lowest BCUT2D eigenvalue weighted by Crippen LogP contribution is -2.50. The third kappa shape index (κ3) is 3.15. The third-order valence-electron chi connectivity index (χ3n) is 3.50. The van der Waals surface area contributed by atoms with Crippen LogP contribution >= 0.6 is 0 Å². The van der Waals surface area contributed by atoms with Gasteiger partial charge in [-0.05, 0) is 19.8 Å². The first kappa shape index (κ1) is 14.5. The smallest absolute Gasteiger partial charge is 0.274 e. The van der Waals surface area contributed by atoms with Gasteiger partial charge in [-0.1, -0.05) is 13.8 Å². The maximum absolute atomic E-state index is 12.1. The summed E-state index contributed by atoms with van der Waals surface area (Å²) in [7, 11) is 0. The third-order valence-corrected chi connectivity index (χ3v) is 3.50. The minimum atomic E-state index is -0.236. The maximum atomic E-state index is 12.1. The van der Waals surface area contributed by atoms with Gasteiger partial charge < -0.3 is 10.2 Å². The molecule has 7 heteroatoms. The molecule has 1 aliphatic heterocycles. The van der Waals surface area contributed by atoms with Crippen LogP contribution in [0.4, 0.5) is 0 Å². The quantitative estimate of drug-likeness (QED) is 0.842. The number of piperidine rings is 1. The molecule has 7 nitrogen and oxygen atoms in total. The highest BCUT2D eigenvalue weighted by atomic mass is 16.2. The Hall–Kier alpha value is -1.92. The Bertz CT molecular complexity index is 497. The van der Waals surface area contributed by atoms with Crippen LogP contribution in [0.3, 0.4) is 0 Å². The summed E-state index contributed by atoms with van der Waals surface area (Å²) in [5.41, 5.74) is 0.894. The maximum Gasteiger partial charge on any atom is 0.274 e. The molecule has 1 aromatic heterocycles. The summed E-state index contributed by atoms with van der Waals surface area (Å²) in [5, 5.41) is 13.0. The molecular weight excluding hydrogens is 258 g/mol. The molecule has 2 heterocycles. The van der Waals surface area contributed by atoms with E-state index in [0.717, 1.165) is 19.4 Å². The zero-order valence-corrected chi connectivity index (χ0v) is 12.1. The lowest BCUT2D eigenvalue weighted by Gasteiger charge is -2.34. The van der Waals surface area contributed by atoms with E-state index < -0.39 is 0 Å². The van der Waals surface area contributed by atoms with Gasteiger partial charge in [0.2, 0.25) is 5.91 Å². The number of carbonyl (C=O) groups is 2. The largest absolute Gasteiger partial charge is 0.346 e. The molecular formula is C13H21N5O2. The van der Waals surface area contributed by atoms with Crippen LogP contribution in [-0.2, 0) is 4.79 Å². The Balaban J connectivity index is 1.95. The number of amides is 2. The number of carbonyl (C=O) groups excluding carboxylic acids is 2. The molecule has 0 bridgehead atoms. The van der Waals surface area contributed by atoms with Crippen LogP contribution in [-0.4, -0.2) is 51.3 Å². The van der Waals surface area contributed by atoms with Gasteiger partial charge in [-0.2, -0.15) is 15.4 Å². The first-order chi connectivity index (χ1) is 9.49. The van der Waals surface area contributed by atoms with Crippen molar-refractivity contribution in [3.63, 3.8) is 0 Å². The monoisotopic (exact) mass is 279 g/mol. The van der Waals surface area contributed by atoms with Crippen LogP contribution in [0.15, 0.2) is 0 Å². The number of H-pyrrole nitrogens is 1. The van der Waals surface area contributed by atoms with Crippen molar-refractivity contribution >= 4 is 11.8 Å². The van der Waals surface area contributed by atoms with E-state index in [9.17, 15) is 9.59 Å². The van der Waals surface area contributed by atoms with Crippen molar-refractivity contribution in [2.75, 3.05) is 13.1 Å². The topological polar surface area (TPSA) is 91.0 Å². The number of nitrogens with one attached hydrogen (secondary N) is 2. The molecule has 0 aromatic carbocycles. The minimum absolute atomic E-state index is 0.0118. The van der Waals surface area contributed by atoms with Gasteiger partial charge >= 0.3 is 0 Å². The molecule has 1 aromatic rings. The average Bonchev–Trinajstić information content (AvgIpc) is 2.84. The number of nitrogens with zero attached hydrogens (tertiary/aromatic N) is 3. The molecule has 2 N–H and O–H groups in total. The Kier molecular flexibility index (Phi) is 4.36. The molecule has 110 valence electrons. The first-order valence-corrected chi connectivity index (χ1v) is 6.96. The summed E-state index contributed by atoms with van der Waals surface area (Å²) in [5.74, 6) is -0.108. The molecule has 0 aliphatic carbocycles. The van der Waals surface area contributed by atoms with Gasteiger partial charge in [-0.15, -0.1) is 0 Å². The van der Waals surface area contributed by atoms with Crippen molar-refractivity contribution in [3.05, 3.63) is 11.4 Å². The van der Waals surface area contributed by atoms with Gasteiger partial charge in [0.1, 0.15) is 0 Å². The van der Waals surface area contributed by atoms with E-state index in [-0.39, 0.29) is 23.8 Å². The molecule has 0 radical (unpaired) electrons.